The van der Waals surface area contributed by atoms with Crippen molar-refractivity contribution < 1.29 is 14.3 Å². The molecule has 1 amide bonds. The van der Waals surface area contributed by atoms with Crippen LogP contribution in [0.2, 0.25) is 0 Å². The average Bonchev–Trinajstić information content (AvgIpc) is 3.22. The first kappa shape index (κ1) is 14.7. The quantitative estimate of drug-likeness (QED) is 0.861. The van der Waals surface area contributed by atoms with Gasteiger partial charge in [0.25, 0.3) is 0 Å². The summed E-state index contributed by atoms with van der Waals surface area (Å²) in [5.74, 6) is -0.535. The number of carbonyl (C=O) groups excluding carboxylic acids is 2. The second-order valence-electron chi connectivity index (χ2n) is 5.16. The van der Waals surface area contributed by atoms with E-state index in [2.05, 4.69) is 10.3 Å². The molecule has 1 aliphatic rings. The van der Waals surface area contributed by atoms with Crippen molar-refractivity contribution in [1.82, 2.24) is 4.98 Å². The molecule has 22 heavy (non-hydrogen) atoms. The minimum atomic E-state index is -0.469. The third kappa shape index (κ3) is 2.74. The van der Waals surface area contributed by atoms with Crippen molar-refractivity contribution in [3.05, 3.63) is 47.0 Å². The van der Waals surface area contributed by atoms with Gasteiger partial charge in [-0.1, -0.05) is 30.3 Å². The normalized spacial score (nSPS) is 15.1. The summed E-state index contributed by atoms with van der Waals surface area (Å²) in [6.07, 6.45) is 1.66. The number of ether oxygens (including phenoxy) is 1. The predicted molar refractivity (Wildman–Crippen MR) is 84.1 cm³/mol. The number of carbonyl (C=O) groups is 2. The standard InChI is InChI=1S/C16H16N2O3S/c1-2-21-13(19)12-10-22-15(17-12)18-14(20)16(8-9-16)11-6-4-3-5-7-11/h3-7,10H,2,8-9H2,1H3,(H,17,18,20). The second kappa shape index (κ2) is 5.88. The van der Waals surface area contributed by atoms with Crippen molar-refractivity contribution in [3.63, 3.8) is 0 Å². The first-order valence-corrected chi connectivity index (χ1v) is 8.03. The Hall–Kier alpha value is -2.21. The molecule has 1 heterocycles. The lowest BCUT2D eigenvalue weighted by molar-refractivity contribution is -0.118. The largest absolute Gasteiger partial charge is 0.461 e. The topological polar surface area (TPSA) is 68.3 Å². The molecule has 1 N–H and O–H groups in total. The number of hydrogen-bond acceptors (Lipinski definition) is 5. The number of benzene rings is 1. The molecular weight excluding hydrogens is 300 g/mol. The zero-order chi connectivity index (χ0) is 15.6. The van der Waals surface area contributed by atoms with E-state index in [9.17, 15) is 9.59 Å². The van der Waals surface area contributed by atoms with Crippen LogP contribution in [-0.4, -0.2) is 23.5 Å². The lowest BCUT2D eigenvalue weighted by atomic mass is 9.95. The Morgan fingerprint density at radius 2 is 2.05 bits per heavy atom. The Labute approximate surface area is 132 Å². The average molecular weight is 316 g/mol. The van der Waals surface area contributed by atoms with Crippen LogP contribution in [0.1, 0.15) is 35.8 Å². The molecule has 2 aromatic rings. The van der Waals surface area contributed by atoms with Crippen molar-refractivity contribution in [2.75, 3.05) is 11.9 Å². The van der Waals surface area contributed by atoms with E-state index in [1.54, 1.807) is 12.3 Å². The maximum absolute atomic E-state index is 12.5. The summed E-state index contributed by atoms with van der Waals surface area (Å²) in [5, 5.41) is 4.84. The van der Waals surface area contributed by atoms with Gasteiger partial charge in [-0.05, 0) is 25.3 Å². The van der Waals surface area contributed by atoms with E-state index in [0.29, 0.717) is 11.7 Å². The van der Waals surface area contributed by atoms with Crippen molar-refractivity contribution >= 4 is 28.3 Å². The molecule has 0 unspecified atom stereocenters. The summed E-state index contributed by atoms with van der Waals surface area (Å²) in [4.78, 5) is 28.2. The van der Waals surface area contributed by atoms with Crippen LogP contribution in [-0.2, 0) is 14.9 Å². The molecule has 0 spiro atoms. The fourth-order valence-electron chi connectivity index (χ4n) is 2.38. The number of anilines is 1. The molecule has 1 fully saturated rings. The molecule has 114 valence electrons. The Balaban J connectivity index is 1.71. The lowest BCUT2D eigenvalue weighted by Gasteiger charge is -2.14. The summed E-state index contributed by atoms with van der Waals surface area (Å²) in [5.41, 5.74) is 0.804. The Kier molecular flexibility index (Phi) is 3.94. The smallest absolute Gasteiger partial charge is 0.357 e. The summed E-state index contributed by atoms with van der Waals surface area (Å²) in [6.45, 7) is 2.04. The fourth-order valence-corrected chi connectivity index (χ4v) is 3.05. The van der Waals surface area contributed by atoms with Gasteiger partial charge < -0.3 is 10.1 Å². The first-order valence-electron chi connectivity index (χ1n) is 7.15. The molecule has 3 rings (SSSR count). The van der Waals surface area contributed by atoms with Crippen LogP contribution in [0.5, 0.6) is 0 Å². The van der Waals surface area contributed by atoms with Crippen LogP contribution < -0.4 is 5.32 Å². The number of hydrogen-bond donors (Lipinski definition) is 1. The number of nitrogens with one attached hydrogen (secondary N) is 1. The number of amides is 1. The van der Waals surface area contributed by atoms with E-state index in [1.807, 2.05) is 30.3 Å². The van der Waals surface area contributed by atoms with E-state index in [4.69, 9.17) is 4.74 Å². The van der Waals surface area contributed by atoms with Gasteiger partial charge in [-0.3, -0.25) is 4.79 Å². The molecule has 1 aromatic heterocycles. The van der Waals surface area contributed by atoms with Crippen LogP contribution >= 0.6 is 11.3 Å². The molecule has 1 aromatic carbocycles. The molecule has 1 aliphatic carbocycles. The molecule has 0 bridgehead atoms. The minimum Gasteiger partial charge on any atom is -0.461 e. The van der Waals surface area contributed by atoms with Crippen LogP contribution in [0.3, 0.4) is 0 Å². The van der Waals surface area contributed by atoms with Crippen molar-refractivity contribution in [2.45, 2.75) is 25.2 Å². The SMILES string of the molecule is CCOC(=O)c1csc(NC(=O)C2(c3ccccc3)CC2)n1. The Bertz CT molecular complexity index is 692. The van der Waals surface area contributed by atoms with Crippen LogP contribution in [0, 0.1) is 0 Å². The number of esters is 1. The summed E-state index contributed by atoms with van der Waals surface area (Å²) >= 11 is 1.23. The predicted octanol–water partition coefficient (Wildman–Crippen LogP) is 2.99. The van der Waals surface area contributed by atoms with Crippen LogP contribution in [0.15, 0.2) is 35.7 Å². The zero-order valence-electron chi connectivity index (χ0n) is 12.2. The van der Waals surface area contributed by atoms with Gasteiger partial charge in [0.15, 0.2) is 10.8 Å². The summed E-state index contributed by atoms with van der Waals surface area (Å²) in [7, 11) is 0. The van der Waals surface area contributed by atoms with Gasteiger partial charge >= 0.3 is 5.97 Å². The molecule has 5 nitrogen and oxygen atoms in total. The highest BCUT2D eigenvalue weighted by molar-refractivity contribution is 7.14. The van der Waals surface area contributed by atoms with E-state index < -0.39 is 11.4 Å². The second-order valence-corrected chi connectivity index (χ2v) is 6.02. The summed E-state index contributed by atoms with van der Waals surface area (Å²) < 4.78 is 4.89. The van der Waals surface area contributed by atoms with Gasteiger partial charge in [-0.15, -0.1) is 11.3 Å². The lowest BCUT2D eigenvalue weighted by Crippen LogP contribution is -2.27. The van der Waals surface area contributed by atoms with Gasteiger partial charge in [0.2, 0.25) is 5.91 Å². The number of thiazole rings is 1. The van der Waals surface area contributed by atoms with E-state index in [0.717, 1.165) is 18.4 Å². The maximum atomic E-state index is 12.5. The minimum absolute atomic E-state index is 0.0662. The number of nitrogens with zero attached hydrogens (tertiary/aromatic N) is 1. The highest BCUT2D eigenvalue weighted by Crippen LogP contribution is 2.49. The van der Waals surface area contributed by atoms with Crippen LogP contribution in [0.4, 0.5) is 5.13 Å². The number of rotatable bonds is 5. The van der Waals surface area contributed by atoms with Gasteiger partial charge in [0.1, 0.15) is 0 Å². The van der Waals surface area contributed by atoms with Crippen molar-refractivity contribution in [3.8, 4) is 0 Å². The highest BCUT2D eigenvalue weighted by Gasteiger charge is 2.51. The van der Waals surface area contributed by atoms with E-state index in [-0.39, 0.29) is 11.6 Å². The maximum Gasteiger partial charge on any atom is 0.357 e. The number of aromatic nitrogens is 1. The monoisotopic (exact) mass is 316 g/mol. The van der Waals surface area contributed by atoms with E-state index in [1.165, 1.54) is 11.3 Å². The molecule has 0 atom stereocenters. The molecule has 0 aliphatic heterocycles. The third-order valence-corrected chi connectivity index (χ3v) is 4.48. The van der Waals surface area contributed by atoms with Crippen molar-refractivity contribution in [2.24, 2.45) is 0 Å². The van der Waals surface area contributed by atoms with Crippen LogP contribution in [0.25, 0.3) is 0 Å². The molecule has 0 radical (unpaired) electrons. The van der Waals surface area contributed by atoms with Crippen molar-refractivity contribution in [1.29, 1.82) is 0 Å². The fraction of sp³-hybridized carbons (Fsp3) is 0.312. The Morgan fingerprint density at radius 3 is 2.68 bits per heavy atom. The van der Waals surface area contributed by atoms with Gasteiger partial charge in [0, 0.05) is 5.38 Å². The Morgan fingerprint density at radius 1 is 1.32 bits per heavy atom. The molecule has 0 saturated heterocycles. The zero-order valence-corrected chi connectivity index (χ0v) is 13.0. The molecule has 1 saturated carbocycles. The summed E-state index contributed by atoms with van der Waals surface area (Å²) in [6, 6.07) is 9.75. The molecule has 6 heteroatoms. The van der Waals surface area contributed by atoms with E-state index >= 15 is 0 Å². The molecular formula is C16H16N2O3S. The first-order chi connectivity index (χ1) is 10.7. The highest BCUT2D eigenvalue weighted by atomic mass is 32.1. The third-order valence-electron chi connectivity index (χ3n) is 3.72. The van der Waals surface area contributed by atoms with Gasteiger partial charge in [0.05, 0.1) is 12.0 Å². The van der Waals surface area contributed by atoms with Gasteiger partial charge in [-0.2, -0.15) is 0 Å². The van der Waals surface area contributed by atoms with Gasteiger partial charge in [-0.25, -0.2) is 9.78 Å².